The van der Waals surface area contributed by atoms with E-state index in [0.717, 1.165) is 0 Å². The standard InChI is InChI=1S/C10H12O4S2/c11-15(12)8-10(6-7-10)16(13,14)9-4-2-1-3-5-9/h1-5H,6-8H2,(H,11,12). The van der Waals surface area contributed by atoms with Gasteiger partial charge < -0.3 is 4.55 Å². The monoisotopic (exact) mass is 260 g/mol. The first kappa shape index (κ1) is 11.8. The van der Waals surface area contributed by atoms with Gasteiger partial charge in [0, 0.05) is 0 Å². The molecule has 0 spiro atoms. The minimum Gasteiger partial charge on any atom is -0.306 e. The molecule has 1 aromatic carbocycles. The summed E-state index contributed by atoms with van der Waals surface area (Å²) in [5, 5.41) is 0. The van der Waals surface area contributed by atoms with Crippen molar-refractivity contribution in [3.05, 3.63) is 30.3 Å². The van der Waals surface area contributed by atoms with Crippen LogP contribution in [0, 0.1) is 0 Å². The summed E-state index contributed by atoms with van der Waals surface area (Å²) >= 11 is -2.07. The van der Waals surface area contributed by atoms with Crippen molar-refractivity contribution in [3.8, 4) is 0 Å². The van der Waals surface area contributed by atoms with Gasteiger partial charge in [0.25, 0.3) is 0 Å². The fraction of sp³-hybridized carbons (Fsp3) is 0.400. The molecule has 0 aliphatic heterocycles. The van der Waals surface area contributed by atoms with Crippen LogP contribution >= 0.6 is 0 Å². The lowest BCUT2D eigenvalue weighted by molar-refractivity contribution is 0.553. The molecule has 88 valence electrons. The van der Waals surface area contributed by atoms with Gasteiger partial charge in [-0.1, -0.05) is 18.2 Å². The highest BCUT2D eigenvalue weighted by Crippen LogP contribution is 2.47. The summed E-state index contributed by atoms with van der Waals surface area (Å²) < 4.78 is 43.0. The summed E-state index contributed by atoms with van der Waals surface area (Å²) in [7, 11) is -3.48. The fourth-order valence-corrected chi connectivity index (χ4v) is 5.02. The third-order valence-corrected chi connectivity index (χ3v) is 6.39. The lowest BCUT2D eigenvalue weighted by Crippen LogP contribution is -2.29. The molecule has 1 atom stereocenters. The Hall–Kier alpha value is -0.720. The Kier molecular flexibility index (Phi) is 2.90. The molecule has 0 aromatic heterocycles. The third kappa shape index (κ3) is 1.92. The van der Waals surface area contributed by atoms with E-state index in [4.69, 9.17) is 4.55 Å². The van der Waals surface area contributed by atoms with Gasteiger partial charge in [-0.2, -0.15) is 0 Å². The molecular formula is C10H12O4S2. The average Bonchev–Trinajstić information content (AvgIpc) is 2.99. The number of rotatable bonds is 4. The van der Waals surface area contributed by atoms with Crippen molar-refractivity contribution in [1.29, 1.82) is 0 Å². The van der Waals surface area contributed by atoms with E-state index in [1.807, 2.05) is 0 Å². The van der Waals surface area contributed by atoms with Crippen LogP contribution in [-0.4, -0.2) is 27.7 Å². The van der Waals surface area contributed by atoms with Crippen LogP contribution in [0.5, 0.6) is 0 Å². The van der Waals surface area contributed by atoms with Crippen LogP contribution in [-0.2, 0) is 20.9 Å². The Morgan fingerprint density at radius 2 is 1.81 bits per heavy atom. The summed E-state index contributed by atoms with van der Waals surface area (Å²) in [6, 6.07) is 8.09. The molecule has 2 rings (SSSR count). The molecule has 0 amide bonds. The maximum absolute atomic E-state index is 12.2. The molecule has 1 aliphatic carbocycles. The highest BCUT2D eigenvalue weighted by Gasteiger charge is 2.55. The smallest absolute Gasteiger partial charge is 0.185 e. The van der Waals surface area contributed by atoms with E-state index >= 15 is 0 Å². The van der Waals surface area contributed by atoms with Crippen LogP contribution in [0.15, 0.2) is 35.2 Å². The number of hydrogen-bond donors (Lipinski definition) is 1. The minimum atomic E-state index is -3.48. The Labute approximate surface area is 96.9 Å². The van der Waals surface area contributed by atoms with Crippen molar-refractivity contribution in [1.82, 2.24) is 0 Å². The van der Waals surface area contributed by atoms with E-state index in [0.29, 0.717) is 12.8 Å². The number of sulfone groups is 1. The first-order chi connectivity index (χ1) is 7.48. The molecule has 1 unspecified atom stereocenters. The summed E-state index contributed by atoms with van der Waals surface area (Å²) in [4.78, 5) is 0.234. The van der Waals surface area contributed by atoms with Gasteiger partial charge in [-0.15, -0.1) is 0 Å². The van der Waals surface area contributed by atoms with Crippen molar-refractivity contribution in [2.24, 2.45) is 0 Å². The quantitative estimate of drug-likeness (QED) is 0.826. The third-order valence-electron chi connectivity index (χ3n) is 2.82. The molecule has 6 heteroatoms. The zero-order chi connectivity index (χ0) is 11.8. The molecule has 1 N–H and O–H groups in total. The highest BCUT2D eigenvalue weighted by atomic mass is 32.2. The largest absolute Gasteiger partial charge is 0.306 e. The minimum absolute atomic E-state index is 0.190. The van der Waals surface area contributed by atoms with Gasteiger partial charge in [0.1, 0.15) is 0 Å². The van der Waals surface area contributed by atoms with Crippen LogP contribution in [0.1, 0.15) is 12.8 Å². The molecule has 1 aliphatic rings. The Bertz CT molecular complexity index is 503. The molecular weight excluding hydrogens is 248 g/mol. The second-order valence-electron chi connectivity index (χ2n) is 3.97. The lowest BCUT2D eigenvalue weighted by atomic mass is 10.4. The average molecular weight is 260 g/mol. The van der Waals surface area contributed by atoms with Crippen molar-refractivity contribution in [2.75, 3.05) is 5.75 Å². The molecule has 4 nitrogen and oxygen atoms in total. The lowest BCUT2D eigenvalue weighted by Gasteiger charge is -2.13. The zero-order valence-electron chi connectivity index (χ0n) is 8.50. The molecule has 1 fully saturated rings. The predicted octanol–water partition coefficient (Wildman–Crippen LogP) is 1.21. The second-order valence-corrected chi connectivity index (χ2v) is 7.24. The highest BCUT2D eigenvalue weighted by molar-refractivity contribution is 7.94. The van der Waals surface area contributed by atoms with Crippen molar-refractivity contribution in [2.45, 2.75) is 22.5 Å². The Morgan fingerprint density at radius 3 is 2.25 bits per heavy atom. The molecule has 0 radical (unpaired) electrons. The van der Waals surface area contributed by atoms with E-state index < -0.39 is 25.7 Å². The van der Waals surface area contributed by atoms with E-state index in [2.05, 4.69) is 0 Å². The van der Waals surface area contributed by atoms with Gasteiger partial charge in [-0.05, 0) is 25.0 Å². The summed E-state index contributed by atoms with van der Waals surface area (Å²) in [6.45, 7) is 0. The van der Waals surface area contributed by atoms with Crippen molar-refractivity contribution < 1.29 is 17.2 Å². The summed E-state index contributed by atoms with van der Waals surface area (Å²) in [6.07, 6.45) is 0.938. The van der Waals surface area contributed by atoms with Crippen LogP contribution in [0.3, 0.4) is 0 Å². The Morgan fingerprint density at radius 1 is 1.25 bits per heavy atom. The maximum Gasteiger partial charge on any atom is 0.185 e. The predicted molar refractivity (Wildman–Crippen MR) is 61.2 cm³/mol. The molecule has 16 heavy (non-hydrogen) atoms. The van der Waals surface area contributed by atoms with Crippen LogP contribution in [0.2, 0.25) is 0 Å². The fourth-order valence-electron chi connectivity index (χ4n) is 1.70. The van der Waals surface area contributed by atoms with Crippen molar-refractivity contribution in [3.63, 3.8) is 0 Å². The maximum atomic E-state index is 12.2. The molecule has 1 saturated carbocycles. The SMILES string of the molecule is O=S(O)CC1(S(=O)(=O)c2ccccc2)CC1. The Balaban J connectivity index is 2.37. The van der Waals surface area contributed by atoms with Gasteiger partial charge >= 0.3 is 0 Å². The van der Waals surface area contributed by atoms with Gasteiger partial charge in [-0.25, -0.2) is 12.6 Å². The summed E-state index contributed by atoms with van der Waals surface area (Å²) in [5.74, 6) is -0.190. The van der Waals surface area contributed by atoms with Crippen LogP contribution in [0.25, 0.3) is 0 Å². The second kappa shape index (κ2) is 3.94. The topological polar surface area (TPSA) is 71.4 Å². The first-order valence-corrected chi connectivity index (χ1v) is 7.61. The first-order valence-electron chi connectivity index (χ1n) is 4.85. The molecule has 0 bridgehead atoms. The van der Waals surface area contributed by atoms with Gasteiger partial charge in [-0.3, -0.25) is 0 Å². The van der Waals surface area contributed by atoms with E-state index in [-0.39, 0.29) is 10.6 Å². The van der Waals surface area contributed by atoms with Gasteiger partial charge in [0.05, 0.1) is 15.4 Å². The van der Waals surface area contributed by atoms with Gasteiger partial charge in [0.2, 0.25) is 0 Å². The van der Waals surface area contributed by atoms with Crippen molar-refractivity contribution >= 4 is 20.9 Å². The molecule has 0 saturated heterocycles. The number of hydrogen-bond acceptors (Lipinski definition) is 3. The molecule has 1 aromatic rings. The van der Waals surface area contributed by atoms with Crippen LogP contribution < -0.4 is 0 Å². The summed E-state index contributed by atoms with van der Waals surface area (Å²) in [5.41, 5.74) is 0. The number of benzene rings is 1. The van der Waals surface area contributed by atoms with E-state index in [1.165, 1.54) is 12.1 Å². The van der Waals surface area contributed by atoms with Gasteiger partial charge in [0.15, 0.2) is 20.9 Å². The van der Waals surface area contributed by atoms with E-state index in [9.17, 15) is 12.6 Å². The molecule has 0 heterocycles. The normalized spacial score (nSPS) is 20.3. The zero-order valence-corrected chi connectivity index (χ0v) is 10.1. The van der Waals surface area contributed by atoms with E-state index in [1.54, 1.807) is 18.2 Å². The van der Waals surface area contributed by atoms with Crippen LogP contribution in [0.4, 0.5) is 0 Å².